The Morgan fingerprint density at radius 3 is 2.50 bits per heavy atom. The predicted octanol–water partition coefficient (Wildman–Crippen LogP) is 4.58. The number of H-pyrrole nitrogens is 1. The van der Waals surface area contributed by atoms with Crippen LogP contribution in [0.15, 0.2) is 53.4 Å². The number of rotatable bonds is 4. The number of esters is 1. The summed E-state index contributed by atoms with van der Waals surface area (Å²) in [5, 5.41) is 2.93. The third-order valence-electron chi connectivity index (χ3n) is 5.07. The molecule has 0 radical (unpaired) electrons. The number of hydrogen-bond acceptors (Lipinski definition) is 4. The second-order valence-corrected chi connectivity index (χ2v) is 7.52. The molecule has 2 N–H and O–H groups in total. The molecule has 142 valence electrons. The number of aryl methyl sites for hydroxylation is 1. The minimum Gasteiger partial charge on any atom is -0.465 e. The highest BCUT2D eigenvalue weighted by atomic mass is 32.2. The SMILES string of the molecule is COC(=O)c1c(C)[nH]c(-c2ccc(SC)cc2)c1C1C(=O)Nc2ccccc21. The zero-order valence-electron chi connectivity index (χ0n) is 15.8. The number of carbonyl (C=O) groups is 2. The van der Waals surface area contributed by atoms with Crippen molar-refractivity contribution in [1.29, 1.82) is 0 Å². The fourth-order valence-electron chi connectivity index (χ4n) is 3.78. The van der Waals surface area contributed by atoms with Gasteiger partial charge in [0, 0.05) is 21.8 Å². The fraction of sp³-hybridized carbons (Fsp3) is 0.182. The molecule has 0 aliphatic carbocycles. The third kappa shape index (κ3) is 2.90. The van der Waals surface area contributed by atoms with E-state index in [0.29, 0.717) is 16.8 Å². The molecule has 0 bridgehead atoms. The summed E-state index contributed by atoms with van der Waals surface area (Å²) < 4.78 is 5.03. The van der Waals surface area contributed by atoms with Gasteiger partial charge in [-0.1, -0.05) is 30.3 Å². The average molecular weight is 392 g/mol. The minimum absolute atomic E-state index is 0.146. The van der Waals surface area contributed by atoms with Crippen molar-refractivity contribution in [2.75, 3.05) is 18.7 Å². The van der Waals surface area contributed by atoms with E-state index in [4.69, 9.17) is 4.74 Å². The molecular formula is C22H20N2O3S. The number of nitrogens with one attached hydrogen (secondary N) is 2. The first-order valence-electron chi connectivity index (χ1n) is 8.90. The summed E-state index contributed by atoms with van der Waals surface area (Å²) in [4.78, 5) is 30.0. The number of fused-ring (bicyclic) bond motifs is 1. The monoisotopic (exact) mass is 392 g/mol. The Bertz CT molecular complexity index is 1070. The van der Waals surface area contributed by atoms with Gasteiger partial charge in [-0.15, -0.1) is 11.8 Å². The van der Waals surface area contributed by atoms with E-state index in [1.54, 1.807) is 11.8 Å². The van der Waals surface area contributed by atoms with Crippen LogP contribution in [0, 0.1) is 6.92 Å². The van der Waals surface area contributed by atoms with E-state index >= 15 is 0 Å². The minimum atomic E-state index is -0.578. The normalized spacial score (nSPS) is 15.2. The molecule has 0 saturated heterocycles. The van der Waals surface area contributed by atoms with Crippen molar-refractivity contribution in [2.24, 2.45) is 0 Å². The van der Waals surface area contributed by atoms with Crippen LogP contribution in [0.1, 0.15) is 33.1 Å². The largest absolute Gasteiger partial charge is 0.465 e. The molecule has 1 aliphatic heterocycles. The molecule has 2 heterocycles. The van der Waals surface area contributed by atoms with Crippen molar-refractivity contribution in [3.8, 4) is 11.3 Å². The van der Waals surface area contributed by atoms with Gasteiger partial charge in [0.05, 0.1) is 24.3 Å². The Morgan fingerprint density at radius 2 is 1.82 bits per heavy atom. The van der Waals surface area contributed by atoms with Gasteiger partial charge in [-0.25, -0.2) is 4.79 Å². The summed E-state index contributed by atoms with van der Waals surface area (Å²) in [6.07, 6.45) is 2.02. The summed E-state index contributed by atoms with van der Waals surface area (Å²) in [6, 6.07) is 15.6. The number of hydrogen-bond donors (Lipinski definition) is 2. The van der Waals surface area contributed by atoms with Crippen LogP contribution in [0.25, 0.3) is 11.3 Å². The van der Waals surface area contributed by atoms with Crippen LogP contribution in [0.3, 0.4) is 0 Å². The molecule has 28 heavy (non-hydrogen) atoms. The molecule has 4 rings (SSSR count). The van der Waals surface area contributed by atoms with Gasteiger partial charge in [-0.05, 0) is 42.5 Å². The number of thioether (sulfide) groups is 1. The van der Waals surface area contributed by atoms with E-state index in [9.17, 15) is 9.59 Å². The second kappa shape index (κ2) is 7.20. The number of aromatic nitrogens is 1. The summed E-state index contributed by atoms with van der Waals surface area (Å²) >= 11 is 1.66. The lowest BCUT2D eigenvalue weighted by Crippen LogP contribution is -2.17. The van der Waals surface area contributed by atoms with E-state index < -0.39 is 11.9 Å². The summed E-state index contributed by atoms with van der Waals surface area (Å²) in [7, 11) is 1.36. The number of carbonyl (C=O) groups excluding carboxylic acids is 2. The second-order valence-electron chi connectivity index (χ2n) is 6.64. The molecule has 1 unspecified atom stereocenters. The maximum Gasteiger partial charge on any atom is 0.340 e. The lowest BCUT2D eigenvalue weighted by molar-refractivity contribution is -0.116. The van der Waals surface area contributed by atoms with Gasteiger partial charge in [-0.2, -0.15) is 0 Å². The van der Waals surface area contributed by atoms with Gasteiger partial charge in [0.25, 0.3) is 0 Å². The van der Waals surface area contributed by atoms with Gasteiger partial charge in [0.2, 0.25) is 5.91 Å². The third-order valence-corrected chi connectivity index (χ3v) is 5.82. The lowest BCUT2D eigenvalue weighted by atomic mass is 9.87. The van der Waals surface area contributed by atoms with Crippen molar-refractivity contribution in [1.82, 2.24) is 4.98 Å². The van der Waals surface area contributed by atoms with E-state index in [2.05, 4.69) is 10.3 Å². The smallest absolute Gasteiger partial charge is 0.340 e. The van der Waals surface area contributed by atoms with Crippen molar-refractivity contribution in [3.05, 3.63) is 70.9 Å². The quantitative estimate of drug-likeness (QED) is 0.503. The highest BCUT2D eigenvalue weighted by Crippen LogP contribution is 2.43. The Hall–Kier alpha value is -2.99. The van der Waals surface area contributed by atoms with E-state index in [0.717, 1.165) is 27.4 Å². The van der Waals surface area contributed by atoms with E-state index in [1.165, 1.54) is 7.11 Å². The maximum atomic E-state index is 12.9. The molecule has 5 nitrogen and oxygen atoms in total. The van der Waals surface area contributed by atoms with Crippen LogP contribution in [0.2, 0.25) is 0 Å². The van der Waals surface area contributed by atoms with Crippen molar-refractivity contribution < 1.29 is 14.3 Å². The number of aromatic amines is 1. The maximum absolute atomic E-state index is 12.9. The molecule has 6 heteroatoms. The number of amides is 1. The van der Waals surface area contributed by atoms with Crippen molar-refractivity contribution >= 4 is 29.3 Å². The molecule has 0 fully saturated rings. The Balaban J connectivity index is 1.96. The standard InChI is InChI=1S/C22H20N2O3S/c1-12-17(22(26)27-2)19(18-15-6-4-5-7-16(15)24-21(18)25)20(23-12)13-8-10-14(28-3)11-9-13/h4-11,18,23H,1-3H3,(H,24,25). The Kier molecular flexibility index (Phi) is 4.73. The van der Waals surface area contributed by atoms with Crippen LogP contribution in [-0.2, 0) is 9.53 Å². The highest BCUT2D eigenvalue weighted by Gasteiger charge is 2.38. The van der Waals surface area contributed by atoms with Crippen LogP contribution in [0.5, 0.6) is 0 Å². The molecular weight excluding hydrogens is 372 g/mol. The topological polar surface area (TPSA) is 71.2 Å². The van der Waals surface area contributed by atoms with Gasteiger partial charge in [-0.3, -0.25) is 4.79 Å². The molecule has 1 amide bonds. The first-order valence-corrected chi connectivity index (χ1v) is 10.1. The highest BCUT2D eigenvalue weighted by molar-refractivity contribution is 7.98. The van der Waals surface area contributed by atoms with Crippen LogP contribution < -0.4 is 5.32 Å². The molecule has 1 atom stereocenters. The first-order chi connectivity index (χ1) is 13.5. The number of para-hydroxylation sites is 1. The Morgan fingerprint density at radius 1 is 1.11 bits per heavy atom. The summed E-state index contributed by atoms with van der Waals surface area (Å²) in [5.74, 6) is -1.18. The zero-order chi connectivity index (χ0) is 19.8. The predicted molar refractivity (Wildman–Crippen MR) is 111 cm³/mol. The molecule has 2 aromatic carbocycles. The van der Waals surface area contributed by atoms with Gasteiger partial charge in [0.15, 0.2) is 0 Å². The van der Waals surface area contributed by atoms with Gasteiger partial charge < -0.3 is 15.0 Å². The molecule has 0 saturated carbocycles. The number of anilines is 1. The molecule has 1 aliphatic rings. The number of benzene rings is 2. The lowest BCUT2D eigenvalue weighted by Gasteiger charge is -2.14. The molecule has 1 aromatic heterocycles. The zero-order valence-corrected chi connectivity index (χ0v) is 16.6. The van der Waals surface area contributed by atoms with Gasteiger partial charge in [0.1, 0.15) is 0 Å². The molecule has 3 aromatic rings. The van der Waals surface area contributed by atoms with Crippen molar-refractivity contribution in [2.45, 2.75) is 17.7 Å². The van der Waals surface area contributed by atoms with E-state index in [1.807, 2.05) is 61.7 Å². The first kappa shape index (κ1) is 18.4. The van der Waals surface area contributed by atoms with Crippen LogP contribution in [-0.4, -0.2) is 30.2 Å². The average Bonchev–Trinajstić information content (AvgIpc) is 3.22. The van der Waals surface area contributed by atoms with E-state index in [-0.39, 0.29) is 5.91 Å². The summed E-state index contributed by atoms with van der Waals surface area (Å²) in [5.41, 5.74) is 5.08. The number of ether oxygens (including phenoxy) is 1. The van der Waals surface area contributed by atoms with Crippen LogP contribution in [0.4, 0.5) is 5.69 Å². The Labute approximate surface area is 167 Å². The fourth-order valence-corrected chi connectivity index (χ4v) is 4.19. The number of methoxy groups -OCH3 is 1. The van der Waals surface area contributed by atoms with Gasteiger partial charge >= 0.3 is 5.97 Å². The van der Waals surface area contributed by atoms with Crippen molar-refractivity contribution in [3.63, 3.8) is 0 Å². The summed E-state index contributed by atoms with van der Waals surface area (Å²) in [6.45, 7) is 1.83. The van der Waals surface area contributed by atoms with Crippen LogP contribution >= 0.6 is 11.8 Å². The molecule has 0 spiro atoms.